The standard InChI is InChI=1S/C15H23N5OS/c1-11-12(15(19(2)3)20(4)18-11)10-16-7-8-17-14(21)13-6-5-9-22-13/h5-6,9,16H,7-8,10H2,1-4H3,(H,17,21). The molecule has 0 aliphatic carbocycles. The molecular formula is C15H23N5OS. The van der Waals surface area contributed by atoms with Crippen LogP contribution in [0.4, 0.5) is 5.82 Å². The first-order valence-corrected chi connectivity index (χ1v) is 8.11. The summed E-state index contributed by atoms with van der Waals surface area (Å²) in [4.78, 5) is 14.6. The van der Waals surface area contributed by atoms with Crippen LogP contribution in [-0.4, -0.2) is 42.9 Å². The van der Waals surface area contributed by atoms with Gasteiger partial charge in [0.2, 0.25) is 0 Å². The molecule has 2 aromatic heterocycles. The van der Waals surface area contributed by atoms with Crippen molar-refractivity contribution in [2.45, 2.75) is 13.5 Å². The van der Waals surface area contributed by atoms with E-state index in [0.29, 0.717) is 6.54 Å². The third-order valence-electron chi connectivity index (χ3n) is 3.37. The van der Waals surface area contributed by atoms with E-state index < -0.39 is 0 Å². The average Bonchev–Trinajstić information content (AvgIpc) is 3.06. The number of nitrogens with one attached hydrogen (secondary N) is 2. The number of hydrogen-bond acceptors (Lipinski definition) is 5. The molecule has 0 saturated carbocycles. The summed E-state index contributed by atoms with van der Waals surface area (Å²) in [5, 5.41) is 12.6. The number of aromatic nitrogens is 2. The third kappa shape index (κ3) is 3.86. The quantitative estimate of drug-likeness (QED) is 0.756. The molecule has 0 aromatic carbocycles. The average molecular weight is 321 g/mol. The largest absolute Gasteiger partial charge is 0.363 e. The van der Waals surface area contributed by atoms with Gasteiger partial charge in [-0.2, -0.15) is 5.10 Å². The predicted molar refractivity (Wildman–Crippen MR) is 90.6 cm³/mol. The van der Waals surface area contributed by atoms with Gasteiger partial charge in [0.1, 0.15) is 5.82 Å². The van der Waals surface area contributed by atoms with Gasteiger partial charge >= 0.3 is 0 Å². The Morgan fingerprint density at radius 2 is 2.18 bits per heavy atom. The molecule has 2 rings (SSSR count). The highest BCUT2D eigenvalue weighted by atomic mass is 32.1. The summed E-state index contributed by atoms with van der Waals surface area (Å²) in [6, 6.07) is 3.71. The number of anilines is 1. The molecule has 0 atom stereocenters. The lowest BCUT2D eigenvalue weighted by molar-refractivity contribution is 0.0958. The highest BCUT2D eigenvalue weighted by Crippen LogP contribution is 2.20. The van der Waals surface area contributed by atoms with Gasteiger partial charge in [0.05, 0.1) is 10.6 Å². The first-order chi connectivity index (χ1) is 10.5. The summed E-state index contributed by atoms with van der Waals surface area (Å²) in [5.74, 6) is 1.09. The van der Waals surface area contributed by atoms with E-state index in [1.165, 1.54) is 16.9 Å². The molecule has 0 bridgehead atoms. The fraction of sp³-hybridized carbons (Fsp3) is 0.467. The lowest BCUT2D eigenvalue weighted by atomic mass is 10.2. The molecule has 0 spiro atoms. The van der Waals surface area contributed by atoms with E-state index >= 15 is 0 Å². The predicted octanol–water partition coefficient (Wildman–Crippen LogP) is 1.38. The summed E-state index contributed by atoms with van der Waals surface area (Å²) >= 11 is 1.45. The van der Waals surface area contributed by atoms with E-state index in [1.807, 2.05) is 50.3 Å². The number of carbonyl (C=O) groups excluding carboxylic acids is 1. The molecule has 7 heteroatoms. The van der Waals surface area contributed by atoms with Gasteiger partial charge < -0.3 is 15.5 Å². The Bertz CT molecular complexity index is 618. The number of rotatable bonds is 7. The monoisotopic (exact) mass is 321 g/mol. The summed E-state index contributed by atoms with van der Waals surface area (Å²) in [6.45, 7) is 4.08. The summed E-state index contributed by atoms with van der Waals surface area (Å²) in [5.41, 5.74) is 2.22. The van der Waals surface area contributed by atoms with E-state index in [4.69, 9.17) is 0 Å². The van der Waals surface area contributed by atoms with Crippen molar-refractivity contribution in [1.82, 2.24) is 20.4 Å². The van der Waals surface area contributed by atoms with E-state index in [-0.39, 0.29) is 5.91 Å². The highest BCUT2D eigenvalue weighted by molar-refractivity contribution is 7.12. The van der Waals surface area contributed by atoms with Crippen LogP contribution in [0, 0.1) is 6.92 Å². The van der Waals surface area contributed by atoms with Crippen molar-refractivity contribution in [3.8, 4) is 0 Å². The van der Waals surface area contributed by atoms with Crippen LogP contribution in [0.2, 0.25) is 0 Å². The lowest BCUT2D eigenvalue weighted by Crippen LogP contribution is -2.31. The molecule has 2 N–H and O–H groups in total. The van der Waals surface area contributed by atoms with Crippen LogP contribution >= 0.6 is 11.3 Å². The van der Waals surface area contributed by atoms with Crippen LogP contribution in [-0.2, 0) is 13.6 Å². The van der Waals surface area contributed by atoms with Gasteiger partial charge in [0.15, 0.2) is 0 Å². The van der Waals surface area contributed by atoms with Gasteiger partial charge in [-0.3, -0.25) is 9.48 Å². The maximum Gasteiger partial charge on any atom is 0.261 e. The number of thiophene rings is 1. The second kappa shape index (κ2) is 7.42. The number of aryl methyl sites for hydroxylation is 2. The van der Waals surface area contributed by atoms with Crippen LogP contribution in [0.5, 0.6) is 0 Å². The van der Waals surface area contributed by atoms with Crippen LogP contribution in [0.15, 0.2) is 17.5 Å². The normalized spacial score (nSPS) is 10.7. The van der Waals surface area contributed by atoms with Gasteiger partial charge in [-0.1, -0.05) is 6.07 Å². The fourth-order valence-electron chi connectivity index (χ4n) is 2.43. The molecule has 0 saturated heterocycles. The highest BCUT2D eigenvalue weighted by Gasteiger charge is 2.14. The van der Waals surface area contributed by atoms with E-state index in [9.17, 15) is 4.79 Å². The molecular weight excluding hydrogens is 298 g/mol. The summed E-state index contributed by atoms with van der Waals surface area (Å²) < 4.78 is 1.89. The maximum atomic E-state index is 11.8. The molecule has 2 heterocycles. The molecule has 0 fully saturated rings. The minimum Gasteiger partial charge on any atom is -0.363 e. The van der Waals surface area contributed by atoms with Crippen molar-refractivity contribution in [3.05, 3.63) is 33.6 Å². The molecule has 22 heavy (non-hydrogen) atoms. The SMILES string of the molecule is Cc1nn(C)c(N(C)C)c1CNCCNC(=O)c1cccs1. The number of amides is 1. The molecule has 0 aliphatic heterocycles. The van der Waals surface area contributed by atoms with Crippen LogP contribution in [0.25, 0.3) is 0 Å². The van der Waals surface area contributed by atoms with Crippen molar-refractivity contribution < 1.29 is 4.79 Å². The molecule has 2 aromatic rings. The zero-order valence-electron chi connectivity index (χ0n) is 13.5. The van der Waals surface area contributed by atoms with Gasteiger partial charge in [0, 0.05) is 46.3 Å². The van der Waals surface area contributed by atoms with Gasteiger partial charge in [-0.05, 0) is 18.4 Å². The minimum absolute atomic E-state index is 0.0108. The third-order valence-corrected chi connectivity index (χ3v) is 4.24. The van der Waals surface area contributed by atoms with Crippen LogP contribution in [0.1, 0.15) is 20.9 Å². The topological polar surface area (TPSA) is 62.2 Å². The van der Waals surface area contributed by atoms with Crippen molar-refractivity contribution >= 4 is 23.1 Å². The van der Waals surface area contributed by atoms with Gasteiger partial charge in [0.25, 0.3) is 5.91 Å². The van der Waals surface area contributed by atoms with Crippen molar-refractivity contribution in [1.29, 1.82) is 0 Å². The van der Waals surface area contributed by atoms with Crippen LogP contribution < -0.4 is 15.5 Å². The van der Waals surface area contributed by atoms with Crippen molar-refractivity contribution in [2.24, 2.45) is 7.05 Å². The minimum atomic E-state index is -0.0108. The Kier molecular flexibility index (Phi) is 5.57. The van der Waals surface area contributed by atoms with Gasteiger partial charge in [-0.25, -0.2) is 0 Å². The van der Waals surface area contributed by atoms with Crippen molar-refractivity contribution in [3.63, 3.8) is 0 Å². The number of carbonyl (C=O) groups is 1. The Balaban J connectivity index is 1.79. The fourth-order valence-corrected chi connectivity index (χ4v) is 3.07. The molecule has 0 unspecified atom stereocenters. The van der Waals surface area contributed by atoms with Crippen LogP contribution in [0.3, 0.4) is 0 Å². The Morgan fingerprint density at radius 3 is 2.82 bits per heavy atom. The summed E-state index contributed by atoms with van der Waals surface area (Å²) in [6.07, 6.45) is 0. The smallest absolute Gasteiger partial charge is 0.261 e. The number of nitrogens with zero attached hydrogens (tertiary/aromatic N) is 3. The zero-order chi connectivity index (χ0) is 16.1. The Hall–Kier alpha value is -1.86. The van der Waals surface area contributed by atoms with Gasteiger partial charge in [-0.15, -0.1) is 11.3 Å². The first-order valence-electron chi connectivity index (χ1n) is 7.23. The second-order valence-corrected chi connectivity index (χ2v) is 6.26. The van der Waals surface area contributed by atoms with Crippen molar-refractivity contribution in [2.75, 3.05) is 32.1 Å². The molecule has 0 aliphatic rings. The molecule has 6 nitrogen and oxygen atoms in total. The molecule has 120 valence electrons. The first kappa shape index (κ1) is 16.5. The Morgan fingerprint density at radius 1 is 1.41 bits per heavy atom. The molecule has 1 amide bonds. The van der Waals surface area contributed by atoms with E-state index in [0.717, 1.165) is 29.5 Å². The summed E-state index contributed by atoms with van der Waals surface area (Å²) in [7, 11) is 5.98. The second-order valence-electron chi connectivity index (χ2n) is 5.32. The Labute approximate surface area is 135 Å². The zero-order valence-corrected chi connectivity index (χ0v) is 14.3. The maximum absolute atomic E-state index is 11.8. The van der Waals surface area contributed by atoms with E-state index in [1.54, 1.807) is 0 Å². The molecule has 0 radical (unpaired) electrons. The lowest BCUT2D eigenvalue weighted by Gasteiger charge is -2.15. The number of hydrogen-bond donors (Lipinski definition) is 2. The van der Waals surface area contributed by atoms with E-state index in [2.05, 4.69) is 20.6 Å².